The fourth-order valence-corrected chi connectivity index (χ4v) is 2.81. The van der Waals surface area contributed by atoms with Gasteiger partial charge in [0.2, 0.25) is 5.91 Å². The second-order valence-corrected chi connectivity index (χ2v) is 6.76. The normalized spacial score (nSPS) is 11.4. The fraction of sp³-hybridized carbons (Fsp3) is 0.214. The number of rotatable bonds is 6. The standard InChI is InChI=1S/C14H15IN2O4S/c15-9-14(18)17-7-6-16-13-3-1-2-10-8-11(22(19,20)21)4-5-12(10)13/h1-5,8,16H,6-7,9H2,(H,17,18)(H,19,20,21). The van der Waals surface area contributed by atoms with Gasteiger partial charge in [-0.05, 0) is 23.6 Å². The second kappa shape index (κ2) is 7.25. The number of hydrogen-bond acceptors (Lipinski definition) is 4. The van der Waals surface area contributed by atoms with Gasteiger partial charge in [0.15, 0.2) is 0 Å². The first kappa shape index (κ1) is 17.0. The summed E-state index contributed by atoms with van der Waals surface area (Å²) in [6.45, 7) is 1.06. The Kier molecular flexibility index (Phi) is 5.59. The minimum atomic E-state index is -4.21. The molecule has 0 fully saturated rings. The average Bonchev–Trinajstić information content (AvgIpc) is 2.49. The van der Waals surface area contributed by atoms with Crippen molar-refractivity contribution in [2.24, 2.45) is 0 Å². The van der Waals surface area contributed by atoms with Crippen LogP contribution in [0.1, 0.15) is 0 Å². The summed E-state index contributed by atoms with van der Waals surface area (Å²) in [5.41, 5.74) is 0.836. The fourth-order valence-electron chi connectivity index (χ4n) is 2.02. The molecule has 0 spiro atoms. The summed E-state index contributed by atoms with van der Waals surface area (Å²) in [6.07, 6.45) is 0. The van der Waals surface area contributed by atoms with Crippen LogP contribution in [0.2, 0.25) is 0 Å². The molecule has 22 heavy (non-hydrogen) atoms. The molecule has 0 aliphatic heterocycles. The van der Waals surface area contributed by atoms with E-state index >= 15 is 0 Å². The number of halogens is 1. The minimum absolute atomic E-state index is 0.0156. The molecule has 0 bridgehead atoms. The van der Waals surface area contributed by atoms with Gasteiger partial charge >= 0.3 is 0 Å². The Morgan fingerprint density at radius 2 is 1.95 bits per heavy atom. The maximum Gasteiger partial charge on any atom is 0.294 e. The van der Waals surface area contributed by atoms with E-state index in [-0.39, 0.29) is 10.8 Å². The largest absolute Gasteiger partial charge is 0.383 e. The van der Waals surface area contributed by atoms with E-state index in [2.05, 4.69) is 10.6 Å². The number of nitrogens with one attached hydrogen (secondary N) is 2. The number of alkyl halides is 1. The molecule has 1 amide bonds. The molecule has 2 aromatic rings. The highest BCUT2D eigenvalue weighted by Crippen LogP contribution is 2.25. The zero-order valence-corrected chi connectivity index (χ0v) is 14.5. The SMILES string of the molecule is O=C(CI)NCCNc1cccc2cc(S(=O)(=O)O)ccc12. The summed E-state index contributed by atoms with van der Waals surface area (Å²) in [6, 6.07) is 9.86. The van der Waals surface area contributed by atoms with Crippen LogP contribution >= 0.6 is 22.6 Å². The zero-order chi connectivity index (χ0) is 16.2. The van der Waals surface area contributed by atoms with Crippen LogP contribution in [-0.4, -0.2) is 36.4 Å². The minimum Gasteiger partial charge on any atom is -0.383 e. The van der Waals surface area contributed by atoms with Gasteiger partial charge in [0, 0.05) is 24.2 Å². The van der Waals surface area contributed by atoms with Crippen molar-refractivity contribution in [3.8, 4) is 0 Å². The highest BCUT2D eigenvalue weighted by Gasteiger charge is 2.10. The molecule has 2 aromatic carbocycles. The van der Waals surface area contributed by atoms with Crippen molar-refractivity contribution in [1.29, 1.82) is 0 Å². The molecule has 8 heteroatoms. The van der Waals surface area contributed by atoms with Gasteiger partial charge in [0.1, 0.15) is 0 Å². The Labute approximate surface area is 142 Å². The van der Waals surface area contributed by atoms with Crippen molar-refractivity contribution in [3.05, 3.63) is 36.4 Å². The number of hydrogen-bond donors (Lipinski definition) is 3. The van der Waals surface area contributed by atoms with E-state index in [1.807, 2.05) is 28.7 Å². The summed E-state index contributed by atoms with van der Waals surface area (Å²) >= 11 is 2.00. The molecule has 6 nitrogen and oxygen atoms in total. The van der Waals surface area contributed by atoms with E-state index in [1.165, 1.54) is 12.1 Å². The molecule has 118 valence electrons. The van der Waals surface area contributed by atoms with Gasteiger partial charge in [-0.2, -0.15) is 8.42 Å². The number of amides is 1. The summed E-state index contributed by atoms with van der Waals surface area (Å²) < 4.78 is 31.8. The molecule has 0 aromatic heterocycles. The quantitative estimate of drug-likeness (QED) is 0.280. The lowest BCUT2D eigenvalue weighted by Crippen LogP contribution is -2.29. The lowest BCUT2D eigenvalue weighted by Gasteiger charge is -2.11. The van der Waals surface area contributed by atoms with Gasteiger partial charge < -0.3 is 10.6 Å². The van der Waals surface area contributed by atoms with Gasteiger partial charge in [-0.15, -0.1) is 0 Å². The van der Waals surface area contributed by atoms with Crippen molar-refractivity contribution in [1.82, 2.24) is 5.32 Å². The first-order valence-electron chi connectivity index (χ1n) is 6.48. The maximum atomic E-state index is 11.2. The first-order chi connectivity index (χ1) is 10.4. The van der Waals surface area contributed by atoms with Crippen molar-refractivity contribution in [2.45, 2.75) is 4.90 Å². The van der Waals surface area contributed by atoms with E-state index in [0.717, 1.165) is 11.1 Å². The van der Waals surface area contributed by atoms with Crippen molar-refractivity contribution >= 4 is 55.1 Å². The molecule has 2 rings (SSSR count). The predicted octanol–water partition coefficient (Wildman–Crippen LogP) is 2.05. The lowest BCUT2D eigenvalue weighted by molar-refractivity contribution is -0.118. The summed E-state index contributed by atoms with van der Waals surface area (Å²) in [7, 11) is -4.21. The molecular weight excluding hydrogens is 419 g/mol. The summed E-state index contributed by atoms with van der Waals surface area (Å²) in [5, 5.41) is 7.50. The van der Waals surface area contributed by atoms with Crippen molar-refractivity contribution in [2.75, 3.05) is 22.8 Å². The van der Waals surface area contributed by atoms with E-state index in [0.29, 0.717) is 22.9 Å². The van der Waals surface area contributed by atoms with Crippen LogP contribution < -0.4 is 10.6 Å². The molecular formula is C14H15IN2O4S. The lowest BCUT2D eigenvalue weighted by atomic mass is 10.1. The monoisotopic (exact) mass is 434 g/mol. The molecule has 0 saturated carbocycles. The predicted molar refractivity (Wildman–Crippen MR) is 94.1 cm³/mol. The highest BCUT2D eigenvalue weighted by molar-refractivity contribution is 14.1. The van der Waals surface area contributed by atoms with E-state index in [4.69, 9.17) is 4.55 Å². The third-order valence-corrected chi connectivity index (χ3v) is 4.58. The zero-order valence-electron chi connectivity index (χ0n) is 11.5. The van der Waals surface area contributed by atoms with Crippen LogP contribution in [0.25, 0.3) is 10.8 Å². The molecule has 0 heterocycles. The van der Waals surface area contributed by atoms with Gasteiger partial charge in [0.25, 0.3) is 10.1 Å². The smallest absolute Gasteiger partial charge is 0.294 e. The molecule has 0 aliphatic carbocycles. The van der Waals surface area contributed by atoms with E-state index in [1.54, 1.807) is 18.2 Å². The second-order valence-electron chi connectivity index (χ2n) is 4.57. The maximum absolute atomic E-state index is 11.2. The Bertz CT molecular complexity index is 793. The molecule has 0 aliphatic rings. The van der Waals surface area contributed by atoms with Crippen LogP contribution in [0.4, 0.5) is 5.69 Å². The number of anilines is 1. The van der Waals surface area contributed by atoms with Crippen LogP contribution in [0.5, 0.6) is 0 Å². The topological polar surface area (TPSA) is 95.5 Å². The number of carbonyl (C=O) groups excluding carboxylic acids is 1. The summed E-state index contributed by atoms with van der Waals surface area (Å²) in [4.78, 5) is 11.0. The third kappa shape index (κ3) is 4.31. The molecule has 3 N–H and O–H groups in total. The number of carbonyl (C=O) groups is 1. The Balaban J connectivity index is 2.16. The van der Waals surface area contributed by atoms with Crippen LogP contribution in [0, 0.1) is 0 Å². The van der Waals surface area contributed by atoms with Gasteiger partial charge in [-0.1, -0.05) is 40.8 Å². The first-order valence-corrected chi connectivity index (χ1v) is 9.45. The summed E-state index contributed by atoms with van der Waals surface area (Å²) in [5.74, 6) is -0.0156. The van der Waals surface area contributed by atoms with Crippen LogP contribution in [0.15, 0.2) is 41.3 Å². The molecule has 0 radical (unpaired) electrons. The van der Waals surface area contributed by atoms with Gasteiger partial charge in [-0.25, -0.2) is 0 Å². The Morgan fingerprint density at radius 1 is 1.18 bits per heavy atom. The third-order valence-electron chi connectivity index (χ3n) is 3.03. The van der Waals surface area contributed by atoms with Crippen LogP contribution in [-0.2, 0) is 14.9 Å². The van der Waals surface area contributed by atoms with Crippen molar-refractivity contribution < 1.29 is 17.8 Å². The molecule has 0 atom stereocenters. The average molecular weight is 434 g/mol. The van der Waals surface area contributed by atoms with E-state index in [9.17, 15) is 13.2 Å². The Morgan fingerprint density at radius 3 is 2.64 bits per heavy atom. The molecule has 0 unspecified atom stereocenters. The van der Waals surface area contributed by atoms with Gasteiger partial charge in [0.05, 0.1) is 9.32 Å². The number of fused-ring (bicyclic) bond motifs is 1. The van der Waals surface area contributed by atoms with Gasteiger partial charge in [-0.3, -0.25) is 9.35 Å². The Hall–Kier alpha value is -1.39. The number of benzene rings is 2. The van der Waals surface area contributed by atoms with E-state index < -0.39 is 10.1 Å². The van der Waals surface area contributed by atoms with Crippen LogP contribution in [0.3, 0.4) is 0 Å². The highest BCUT2D eigenvalue weighted by atomic mass is 127. The molecule has 0 saturated heterocycles. The van der Waals surface area contributed by atoms with Crippen molar-refractivity contribution in [3.63, 3.8) is 0 Å².